The zero-order chi connectivity index (χ0) is 24.5. The Kier molecular flexibility index (Phi) is 7.05. The van der Waals surface area contributed by atoms with Crippen molar-refractivity contribution < 1.29 is 13.3 Å². The Morgan fingerprint density at radius 1 is 1.09 bits per heavy atom. The van der Waals surface area contributed by atoms with Crippen molar-refractivity contribution in [3.63, 3.8) is 0 Å². The van der Waals surface area contributed by atoms with Gasteiger partial charge in [-0.25, -0.2) is 8.42 Å². The lowest BCUT2D eigenvalue weighted by Crippen LogP contribution is -2.27. The molecular formula is C23H24IN5O4S. The zero-order valence-corrected chi connectivity index (χ0v) is 21.7. The number of sulfonamides is 1. The summed E-state index contributed by atoms with van der Waals surface area (Å²) >= 11 is 2.26. The van der Waals surface area contributed by atoms with Crippen LogP contribution in [0.3, 0.4) is 0 Å². The normalized spacial score (nSPS) is 14.7. The molecule has 4 rings (SSSR count). The van der Waals surface area contributed by atoms with E-state index in [0.29, 0.717) is 13.1 Å². The highest BCUT2D eigenvalue weighted by Crippen LogP contribution is 2.30. The highest BCUT2D eigenvalue weighted by Gasteiger charge is 2.29. The fourth-order valence-corrected chi connectivity index (χ4v) is 5.97. The zero-order valence-electron chi connectivity index (χ0n) is 18.7. The third kappa shape index (κ3) is 4.86. The molecule has 1 saturated heterocycles. The van der Waals surface area contributed by atoms with E-state index in [0.717, 1.165) is 45.1 Å². The second-order valence-electron chi connectivity index (χ2n) is 8.06. The second-order valence-corrected chi connectivity index (χ2v) is 11.2. The van der Waals surface area contributed by atoms with Crippen LogP contribution in [0.4, 0.5) is 11.4 Å². The van der Waals surface area contributed by atoms with Crippen LogP contribution >= 0.6 is 22.6 Å². The average Bonchev–Trinajstić information content (AvgIpc) is 3.44. The lowest BCUT2D eigenvalue weighted by molar-refractivity contribution is -0.384. The number of hydrazone groups is 1. The topological polar surface area (TPSA) is 110 Å². The van der Waals surface area contributed by atoms with Crippen molar-refractivity contribution in [1.29, 1.82) is 0 Å². The number of aryl methyl sites for hydroxylation is 1. The molecule has 34 heavy (non-hydrogen) atoms. The fourth-order valence-electron chi connectivity index (χ4n) is 4.07. The van der Waals surface area contributed by atoms with Crippen molar-refractivity contribution in [1.82, 2.24) is 8.87 Å². The maximum atomic E-state index is 12.8. The van der Waals surface area contributed by atoms with E-state index in [2.05, 4.69) is 37.7 Å². The van der Waals surface area contributed by atoms with Crippen molar-refractivity contribution in [2.75, 3.05) is 18.5 Å². The van der Waals surface area contributed by atoms with Gasteiger partial charge in [0.25, 0.3) is 5.69 Å². The minimum atomic E-state index is -3.75. The van der Waals surface area contributed by atoms with E-state index in [9.17, 15) is 18.5 Å². The summed E-state index contributed by atoms with van der Waals surface area (Å²) in [5, 5.41) is 15.8. The lowest BCUT2D eigenvalue weighted by atomic mass is 10.2. The summed E-state index contributed by atoms with van der Waals surface area (Å²) in [7, 11) is -3.75. The van der Waals surface area contributed by atoms with Gasteiger partial charge in [-0.05, 0) is 91.7 Å². The molecule has 0 unspecified atom stereocenters. The Morgan fingerprint density at radius 3 is 2.41 bits per heavy atom. The first kappa shape index (κ1) is 24.4. The number of rotatable bonds is 7. The lowest BCUT2D eigenvalue weighted by Gasteiger charge is -2.15. The molecular weight excluding hydrogens is 569 g/mol. The number of aromatic nitrogens is 1. The molecule has 0 atom stereocenters. The number of benzene rings is 2. The Labute approximate surface area is 211 Å². The summed E-state index contributed by atoms with van der Waals surface area (Å²) in [6.45, 7) is 4.84. The van der Waals surface area contributed by atoms with Gasteiger partial charge in [0.1, 0.15) is 5.69 Å². The Hall–Kier alpha value is -2.77. The molecule has 0 radical (unpaired) electrons. The smallest absolute Gasteiger partial charge is 0.295 e. The molecule has 11 heteroatoms. The van der Waals surface area contributed by atoms with E-state index in [-0.39, 0.29) is 16.3 Å². The molecule has 1 aromatic heterocycles. The molecule has 2 heterocycles. The van der Waals surface area contributed by atoms with Crippen molar-refractivity contribution in [2.24, 2.45) is 5.10 Å². The largest absolute Gasteiger partial charge is 0.318 e. The summed E-state index contributed by atoms with van der Waals surface area (Å²) in [5.41, 5.74) is 6.38. The summed E-state index contributed by atoms with van der Waals surface area (Å²) in [5.74, 6) is 0. The number of nitro benzene ring substituents is 1. The maximum absolute atomic E-state index is 12.8. The molecule has 3 aromatic rings. The molecule has 0 bridgehead atoms. The van der Waals surface area contributed by atoms with Crippen LogP contribution < -0.4 is 5.43 Å². The highest BCUT2D eigenvalue weighted by atomic mass is 127. The molecule has 0 saturated carbocycles. The van der Waals surface area contributed by atoms with Crippen LogP contribution in [-0.4, -0.2) is 41.5 Å². The van der Waals surface area contributed by atoms with Crippen LogP contribution in [0.25, 0.3) is 5.69 Å². The van der Waals surface area contributed by atoms with Gasteiger partial charge in [0.2, 0.25) is 10.0 Å². The van der Waals surface area contributed by atoms with Crippen LogP contribution in [0.2, 0.25) is 0 Å². The van der Waals surface area contributed by atoms with E-state index < -0.39 is 14.9 Å². The molecule has 0 spiro atoms. The van der Waals surface area contributed by atoms with Crippen LogP contribution in [0.5, 0.6) is 0 Å². The highest BCUT2D eigenvalue weighted by molar-refractivity contribution is 14.1. The van der Waals surface area contributed by atoms with E-state index >= 15 is 0 Å². The number of nitro groups is 1. The van der Waals surface area contributed by atoms with Crippen molar-refractivity contribution >= 4 is 50.2 Å². The molecule has 0 amide bonds. The summed E-state index contributed by atoms with van der Waals surface area (Å²) in [4.78, 5) is 10.9. The van der Waals surface area contributed by atoms with Crippen LogP contribution in [0, 0.1) is 27.5 Å². The summed E-state index contributed by atoms with van der Waals surface area (Å²) in [6.07, 6.45) is 3.18. The molecule has 1 N–H and O–H groups in total. The van der Waals surface area contributed by atoms with Gasteiger partial charge in [0, 0.05) is 45.4 Å². The number of anilines is 1. The number of nitrogens with zero attached hydrogens (tertiary/aromatic N) is 4. The average molecular weight is 593 g/mol. The van der Waals surface area contributed by atoms with Gasteiger partial charge in [-0.3, -0.25) is 15.5 Å². The van der Waals surface area contributed by atoms with Gasteiger partial charge in [-0.15, -0.1) is 0 Å². The van der Waals surface area contributed by atoms with Gasteiger partial charge in [0.15, 0.2) is 0 Å². The molecule has 1 aliphatic heterocycles. The first-order chi connectivity index (χ1) is 16.2. The van der Waals surface area contributed by atoms with Crippen molar-refractivity contribution in [3.05, 3.63) is 79.2 Å². The Morgan fingerprint density at radius 2 is 1.76 bits per heavy atom. The van der Waals surface area contributed by atoms with Gasteiger partial charge >= 0.3 is 0 Å². The third-order valence-electron chi connectivity index (χ3n) is 5.81. The van der Waals surface area contributed by atoms with Gasteiger partial charge < -0.3 is 4.57 Å². The van der Waals surface area contributed by atoms with E-state index in [1.165, 1.54) is 16.4 Å². The Balaban J connectivity index is 1.58. The Bertz CT molecular complexity index is 1360. The number of hydrogen-bond donors (Lipinski definition) is 1. The van der Waals surface area contributed by atoms with E-state index in [1.807, 2.05) is 44.2 Å². The van der Waals surface area contributed by atoms with Crippen LogP contribution in [0.15, 0.2) is 58.5 Å². The van der Waals surface area contributed by atoms with Gasteiger partial charge in [-0.2, -0.15) is 9.41 Å². The number of nitrogens with one attached hydrogen (secondary N) is 1. The van der Waals surface area contributed by atoms with Crippen LogP contribution in [0.1, 0.15) is 29.8 Å². The summed E-state index contributed by atoms with van der Waals surface area (Å²) in [6, 6.07) is 14.0. The van der Waals surface area contributed by atoms with Gasteiger partial charge in [-0.1, -0.05) is 0 Å². The molecule has 178 valence electrons. The van der Waals surface area contributed by atoms with E-state index in [4.69, 9.17) is 0 Å². The van der Waals surface area contributed by atoms with Gasteiger partial charge in [0.05, 0.1) is 16.0 Å². The second kappa shape index (κ2) is 9.84. The molecule has 9 nitrogen and oxygen atoms in total. The SMILES string of the molecule is Cc1cc(/C=N\Nc2ccc(S(=O)(=O)N3CCCC3)cc2[N+](=O)[O-])c(C)n1-c1ccc(I)cc1. The third-order valence-corrected chi connectivity index (χ3v) is 8.43. The van der Waals surface area contributed by atoms with E-state index in [1.54, 1.807) is 6.21 Å². The molecule has 2 aromatic carbocycles. The molecule has 1 fully saturated rings. The quantitative estimate of drug-likeness (QED) is 0.183. The van der Waals surface area contributed by atoms with Crippen LogP contribution in [-0.2, 0) is 10.0 Å². The first-order valence-corrected chi connectivity index (χ1v) is 13.2. The first-order valence-electron chi connectivity index (χ1n) is 10.7. The predicted molar refractivity (Wildman–Crippen MR) is 140 cm³/mol. The number of halogens is 1. The van der Waals surface area contributed by atoms with Crippen molar-refractivity contribution in [2.45, 2.75) is 31.6 Å². The minimum absolute atomic E-state index is 0.0864. The van der Waals surface area contributed by atoms with Crippen molar-refractivity contribution in [3.8, 4) is 5.69 Å². The minimum Gasteiger partial charge on any atom is -0.318 e. The standard InChI is InChI=1S/C23H24IN5O4S/c1-16-13-18(17(2)28(16)20-7-5-19(24)6-8-20)15-25-26-22-10-9-21(14-23(22)29(30)31)34(32,33)27-11-3-4-12-27/h5-10,13-15,26H,3-4,11-12H2,1-2H3/b25-15-. The predicted octanol–water partition coefficient (Wildman–Crippen LogP) is 4.84. The molecule has 1 aliphatic rings. The fraction of sp³-hybridized carbons (Fsp3) is 0.261. The summed E-state index contributed by atoms with van der Waals surface area (Å²) < 4.78 is 30.2. The molecule has 0 aliphatic carbocycles. The monoisotopic (exact) mass is 593 g/mol. The number of hydrogen-bond acceptors (Lipinski definition) is 6. The maximum Gasteiger partial charge on any atom is 0.295 e.